The summed E-state index contributed by atoms with van der Waals surface area (Å²) in [7, 11) is 0. The van der Waals surface area contributed by atoms with E-state index in [1.807, 2.05) is 12.1 Å². The van der Waals surface area contributed by atoms with Gasteiger partial charge in [-0.3, -0.25) is 0 Å². The van der Waals surface area contributed by atoms with Gasteiger partial charge in [-0.25, -0.2) is 0 Å². The Morgan fingerprint density at radius 3 is 2.05 bits per heavy atom. The van der Waals surface area contributed by atoms with Crippen LogP contribution in [0.2, 0.25) is 0 Å². The third kappa shape index (κ3) is 2.71. The lowest BCUT2D eigenvalue weighted by Gasteiger charge is -2.22. The van der Waals surface area contributed by atoms with Gasteiger partial charge in [-0.1, -0.05) is 74.5 Å². The summed E-state index contributed by atoms with van der Waals surface area (Å²) in [6.45, 7) is 4.73. The zero-order chi connectivity index (χ0) is 25.9. The molecule has 184 valence electrons. The van der Waals surface area contributed by atoms with Crippen molar-refractivity contribution in [2.24, 2.45) is 0 Å². The van der Waals surface area contributed by atoms with Crippen molar-refractivity contribution in [3.05, 3.63) is 126 Å². The molecule has 1 aliphatic rings. The van der Waals surface area contributed by atoms with Crippen LogP contribution in [0.3, 0.4) is 0 Å². The normalized spacial score (nSPS) is 14.1. The van der Waals surface area contributed by atoms with E-state index in [2.05, 4.69) is 122 Å². The smallest absolute Gasteiger partial charge is 0.137 e. The Morgan fingerprint density at radius 1 is 0.513 bits per heavy atom. The quantitative estimate of drug-likeness (QED) is 0.220. The third-order valence-corrected chi connectivity index (χ3v) is 8.96. The second-order valence-corrected chi connectivity index (χ2v) is 11.4. The summed E-state index contributed by atoms with van der Waals surface area (Å²) in [5.74, 6) is 0. The molecule has 6 aromatic carbocycles. The summed E-state index contributed by atoms with van der Waals surface area (Å²) in [5.41, 5.74) is 10.8. The first-order valence-corrected chi connectivity index (χ1v) is 13.6. The van der Waals surface area contributed by atoms with Crippen LogP contribution in [-0.2, 0) is 5.41 Å². The lowest BCUT2D eigenvalue weighted by Crippen LogP contribution is -2.15. The predicted octanol–water partition coefficient (Wildman–Crippen LogP) is 10.1. The fourth-order valence-electron chi connectivity index (χ4n) is 7.01. The number of furan rings is 1. The van der Waals surface area contributed by atoms with Crippen molar-refractivity contribution in [1.82, 2.24) is 4.57 Å². The van der Waals surface area contributed by atoms with Gasteiger partial charge in [-0.2, -0.15) is 0 Å². The molecule has 0 fully saturated rings. The van der Waals surface area contributed by atoms with Crippen LogP contribution < -0.4 is 0 Å². The summed E-state index contributed by atoms with van der Waals surface area (Å²) in [5, 5.41) is 7.46. The van der Waals surface area contributed by atoms with Gasteiger partial charge in [0.2, 0.25) is 0 Å². The van der Waals surface area contributed by atoms with Crippen molar-refractivity contribution >= 4 is 54.5 Å². The molecule has 0 aliphatic heterocycles. The van der Waals surface area contributed by atoms with E-state index >= 15 is 0 Å². The molecule has 0 bridgehead atoms. The van der Waals surface area contributed by atoms with Crippen molar-refractivity contribution < 1.29 is 4.42 Å². The Balaban J connectivity index is 1.36. The lowest BCUT2D eigenvalue weighted by atomic mass is 9.81. The van der Waals surface area contributed by atoms with Crippen molar-refractivity contribution in [2.75, 3.05) is 0 Å². The van der Waals surface area contributed by atoms with Gasteiger partial charge in [-0.15, -0.1) is 0 Å². The molecule has 2 heteroatoms. The van der Waals surface area contributed by atoms with Crippen LogP contribution in [0.5, 0.6) is 0 Å². The van der Waals surface area contributed by atoms with Gasteiger partial charge in [-0.05, 0) is 81.6 Å². The Bertz CT molecular complexity index is 2310. The molecule has 0 atom stereocenters. The van der Waals surface area contributed by atoms with E-state index in [1.54, 1.807) is 0 Å². The van der Waals surface area contributed by atoms with Crippen molar-refractivity contribution in [3.63, 3.8) is 0 Å². The molecule has 0 N–H and O–H groups in total. The van der Waals surface area contributed by atoms with E-state index in [0.717, 1.165) is 27.6 Å². The Labute approximate surface area is 225 Å². The molecule has 39 heavy (non-hydrogen) atoms. The fraction of sp³-hybridized carbons (Fsp3) is 0.0811. The van der Waals surface area contributed by atoms with Crippen molar-refractivity contribution in [2.45, 2.75) is 19.3 Å². The largest absolute Gasteiger partial charge is 0.456 e. The van der Waals surface area contributed by atoms with Gasteiger partial charge < -0.3 is 8.98 Å². The molecule has 0 amide bonds. The maximum atomic E-state index is 6.29. The summed E-state index contributed by atoms with van der Waals surface area (Å²) in [4.78, 5) is 0. The van der Waals surface area contributed by atoms with Crippen LogP contribution in [0.4, 0.5) is 0 Å². The van der Waals surface area contributed by atoms with Crippen LogP contribution >= 0.6 is 0 Å². The highest BCUT2D eigenvalue weighted by Gasteiger charge is 2.36. The molecule has 9 rings (SSSR count). The standard InChI is InChI=1S/C37H25NO/c1-37(2)31-18-23-10-4-3-9-22(23)17-28(31)29-20-30-25-11-5-7-13-33(25)38(34(30)21-32(29)37)24-15-16-27-26-12-6-8-14-35(26)39-36(27)19-24/h3-21H,1-2H3. The minimum Gasteiger partial charge on any atom is -0.456 e. The van der Waals surface area contributed by atoms with E-state index in [1.165, 1.54) is 54.8 Å². The first-order valence-electron chi connectivity index (χ1n) is 13.6. The molecular formula is C37H25NO. The second-order valence-electron chi connectivity index (χ2n) is 11.4. The van der Waals surface area contributed by atoms with Crippen LogP contribution in [0.15, 0.2) is 120 Å². The predicted molar refractivity (Wildman–Crippen MR) is 163 cm³/mol. The minimum atomic E-state index is -0.0904. The second kappa shape index (κ2) is 7.18. The van der Waals surface area contributed by atoms with Gasteiger partial charge in [0, 0.05) is 38.7 Å². The van der Waals surface area contributed by atoms with Gasteiger partial charge in [0.15, 0.2) is 0 Å². The van der Waals surface area contributed by atoms with E-state index in [9.17, 15) is 0 Å². The van der Waals surface area contributed by atoms with Crippen LogP contribution in [0, 0.1) is 0 Å². The minimum absolute atomic E-state index is 0.0904. The molecule has 1 aliphatic carbocycles. The molecular weight excluding hydrogens is 474 g/mol. The highest BCUT2D eigenvalue weighted by molar-refractivity contribution is 6.12. The van der Waals surface area contributed by atoms with E-state index in [-0.39, 0.29) is 5.41 Å². The number of hydrogen-bond donors (Lipinski definition) is 0. The van der Waals surface area contributed by atoms with E-state index < -0.39 is 0 Å². The molecule has 0 spiro atoms. The van der Waals surface area contributed by atoms with E-state index in [4.69, 9.17) is 4.42 Å². The highest BCUT2D eigenvalue weighted by atomic mass is 16.3. The number of nitrogens with zero attached hydrogens (tertiary/aromatic N) is 1. The monoisotopic (exact) mass is 499 g/mol. The Kier molecular flexibility index (Phi) is 3.89. The molecule has 0 radical (unpaired) electrons. The maximum Gasteiger partial charge on any atom is 0.137 e. The summed E-state index contributed by atoms with van der Waals surface area (Å²) in [6.07, 6.45) is 0. The zero-order valence-electron chi connectivity index (χ0n) is 21.8. The zero-order valence-corrected chi connectivity index (χ0v) is 21.8. The molecule has 0 unspecified atom stereocenters. The average Bonchev–Trinajstić information content (AvgIpc) is 3.56. The first-order chi connectivity index (χ1) is 19.1. The van der Waals surface area contributed by atoms with E-state index in [0.29, 0.717) is 0 Å². The van der Waals surface area contributed by atoms with Gasteiger partial charge in [0.05, 0.1) is 11.0 Å². The van der Waals surface area contributed by atoms with Gasteiger partial charge in [0.1, 0.15) is 11.2 Å². The summed E-state index contributed by atoms with van der Waals surface area (Å²) >= 11 is 0. The summed E-state index contributed by atoms with van der Waals surface area (Å²) in [6, 6.07) is 42.0. The number of para-hydroxylation sites is 2. The van der Waals surface area contributed by atoms with Crippen LogP contribution in [0.1, 0.15) is 25.0 Å². The molecule has 2 aromatic heterocycles. The number of hydrogen-bond acceptors (Lipinski definition) is 1. The van der Waals surface area contributed by atoms with Crippen molar-refractivity contribution in [1.29, 1.82) is 0 Å². The van der Waals surface area contributed by atoms with Crippen molar-refractivity contribution in [3.8, 4) is 16.8 Å². The number of rotatable bonds is 1. The maximum absolute atomic E-state index is 6.29. The molecule has 8 aromatic rings. The van der Waals surface area contributed by atoms with Gasteiger partial charge >= 0.3 is 0 Å². The highest BCUT2D eigenvalue weighted by Crippen LogP contribution is 2.52. The Morgan fingerprint density at radius 2 is 1.18 bits per heavy atom. The molecule has 2 heterocycles. The number of aromatic nitrogens is 1. The third-order valence-electron chi connectivity index (χ3n) is 8.96. The van der Waals surface area contributed by atoms with Crippen LogP contribution in [0.25, 0.3) is 71.3 Å². The number of benzene rings is 6. The molecule has 0 saturated heterocycles. The Hall–Kier alpha value is -4.82. The fourth-order valence-corrected chi connectivity index (χ4v) is 7.01. The van der Waals surface area contributed by atoms with Gasteiger partial charge in [0.25, 0.3) is 0 Å². The first kappa shape index (κ1) is 21.2. The van der Waals surface area contributed by atoms with Crippen LogP contribution in [-0.4, -0.2) is 4.57 Å². The number of fused-ring (bicyclic) bond motifs is 10. The average molecular weight is 500 g/mol. The SMILES string of the molecule is CC1(C)c2cc3ccccc3cc2-c2cc3c4ccccc4n(-c4ccc5c(c4)oc4ccccc45)c3cc21. The molecule has 0 saturated carbocycles. The lowest BCUT2D eigenvalue weighted by molar-refractivity contribution is 0.661. The summed E-state index contributed by atoms with van der Waals surface area (Å²) < 4.78 is 8.70. The topological polar surface area (TPSA) is 18.1 Å². The molecule has 2 nitrogen and oxygen atoms in total.